The lowest BCUT2D eigenvalue weighted by atomic mass is 10.1. The molecule has 1 heterocycles. The van der Waals surface area contributed by atoms with Gasteiger partial charge in [0, 0.05) is 12.6 Å². The zero-order valence-corrected chi connectivity index (χ0v) is 9.17. The zero-order chi connectivity index (χ0) is 12.1. The third-order valence-corrected chi connectivity index (χ3v) is 2.12. The molecule has 0 saturated carbocycles. The first-order chi connectivity index (χ1) is 7.54. The molecule has 1 aromatic heterocycles. The predicted octanol–water partition coefficient (Wildman–Crippen LogP) is 1.03. The van der Waals surface area contributed by atoms with Gasteiger partial charge in [0.25, 0.3) is 0 Å². The van der Waals surface area contributed by atoms with Gasteiger partial charge in [0.2, 0.25) is 0 Å². The standard InChI is InChI=1S/C10H13N3O3/c1-7(10(14)15)6-13(4-3-11)9-5-8(2)16-12-9/h5,7H,4,6H2,1-2H3,(H,14,15). The fraction of sp³-hybridized carbons (Fsp3) is 0.500. The lowest BCUT2D eigenvalue weighted by molar-refractivity contribution is -0.140. The van der Waals surface area contributed by atoms with Crippen molar-refractivity contribution in [2.75, 3.05) is 18.0 Å². The third kappa shape index (κ3) is 2.98. The average Bonchev–Trinajstić information content (AvgIpc) is 2.64. The molecule has 1 N–H and O–H groups in total. The van der Waals surface area contributed by atoms with Crippen molar-refractivity contribution in [3.63, 3.8) is 0 Å². The summed E-state index contributed by atoms with van der Waals surface area (Å²) in [6.45, 7) is 3.64. The molecule has 1 unspecified atom stereocenters. The number of rotatable bonds is 5. The highest BCUT2D eigenvalue weighted by Gasteiger charge is 2.18. The van der Waals surface area contributed by atoms with Crippen LogP contribution >= 0.6 is 0 Å². The van der Waals surface area contributed by atoms with Crippen molar-refractivity contribution in [1.82, 2.24) is 5.16 Å². The minimum atomic E-state index is -0.900. The van der Waals surface area contributed by atoms with E-state index in [2.05, 4.69) is 5.16 Å². The molecule has 16 heavy (non-hydrogen) atoms. The van der Waals surface area contributed by atoms with Crippen LogP contribution in [0.1, 0.15) is 12.7 Å². The number of nitrogens with zero attached hydrogens (tertiary/aromatic N) is 3. The van der Waals surface area contributed by atoms with Crippen molar-refractivity contribution in [2.24, 2.45) is 5.92 Å². The van der Waals surface area contributed by atoms with Gasteiger partial charge in [0.05, 0.1) is 12.0 Å². The number of carbonyl (C=O) groups is 1. The van der Waals surface area contributed by atoms with E-state index in [1.165, 1.54) is 0 Å². The van der Waals surface area contributed by atoms with Gasteiger partial charge in [-0.05, 0) is 6.92 Å². The molecule has 6 nitrogen and oxygen atoms in total. The van der Waals surface area contributed by atoms with Gasteiger partial charge in [-0.15, -0.1) is 0 Å². The third-order valence-electron chi connectivity index (χ3n) is 2.12. The van der Waals surface area contributed by atoms with Crippen molar-refractivity contribution in [1.29, 1.82) is 5.26 Å². The summed E-state index contributed by atoms with van der Waals surface area (Å²) >= 11 is 0. The molecule has 1 atom stereocenters. The van der Waals surface area contributed by atoms with E-state index in [4.69, 9.17) is 14.9 Å². The van der Waals surface area contributed by atoms with Crippen molar-refractivity contribution < 1.29 is 14.4 Å². The Hall–Kier alpha value is -2.03. The zero-order valence-electron chi connectivity index (χ0n) is 9.17. The molecule has 0 fully saturated rings. The Morgan fingerprint density at radius 1 is 1.81 bits per heavy atom. The van der Waals surface area contributed by atoms with E-state index in [9.17, 15) is 4.79 Å². The van der Waals surface area contributed by atoms with Crippen LogP contribution in [-0.4, -0.2) is 29.3 Å². The number of anilines is 1. The first-order valence-corrected chi connectivity index (χ1v) is 4.82. The van der Waals surface area contributed by atoms with Crippen LogP contribution in [-0.2, 0) is 4.79 Å². The minimum absolute atomic E-state index is 0.0869. The molecular formula is C10H13N3O3. The van der Waals surface area contributed by atoms with Crippen LogP contribution < -0.4 is 4.90 Å². The van der Waals surface area contributed by atoms with E-state index in [0.29, 0.717) is 11.6 Å². The summed E-state index contributed by atoms with van der Waals surface area (Å²) in [4.78, 5) is 12.3. The molecule has 0 saturated heterocycles. The molecule has 0 amide bonds. The van der Waals surface area contributed by atoms with E-state index in [0.717, 1.165) is 0 Å². The molecule has 0 aliphatic carbocycles. The summed E-state index contributed by atoms with van der Waals surface area (Å²) in [5.41, 5.74) is 0. The summed E-state index contributed by atoms with van der Waals surface area (Å²) in [5, 5.41) is 21.2. The first-order valence-electron chi connectivity index (χ1n) is 4.82. The smallest absolute Gasteiger partial charge is 0.308 e. The average molecular weight is 223 g/mol. The van der Waals surface area contributed by atoms with Crippen LogP contribution in [0.5, 0.6) is 0 Å². The number of hydrogen-bond donors (Lipinski definition) is 1. The largest absolute Gasteiger partial charge is 0.481 e. The fourth-order valence-corrected chi connectivity index (χ4v) is 1.24. The van der Waals surface area contributed by atoms with Crippen LogP contribution in [0.2, 0.25) is 0 Å². The second-order valence-corrected chi connectivity index (χ2v) is 3.57. The summed E-state index contributed by atoms with van der Waals surface area (Å²) in [6.07, 6.45) is 0. The maximum absolute atomic E-state index is 10.7. The number of aromatic nitrogens is 1. The number of hydrogen-bond acceptors (Lipinski definition) is 5. The van der Waals surface area contributed by atoms with Crippen LogP contribution in [0.4, 0.5) is 5.82 Å². The Labute approximate surface area is 93.1 Å². The molecule has 0 spiro atoms. The van der Waals surface area contributed by atoms with Gasteiger partial charge in [0.1, 0.15) is 12.3 Å². The molecule has 0 bridgehead atoms. The van der Waals surface area contributed by atoms with E-state index < -0.39 is 11.9 Å². The number of aliphatic carboxylic acids is 1. The van der Waals surface area contributed by atoms with Gasteiger partial charge in [-0.1, -0.05) is 12.1 Å². The van der Waals surface area contributed by atoms with Gasteiger partial charge in [-0.25, -0.2) is 0 Å². The lowest BCUT2D eigenvalue weighted by Gasteiger charge is -2.20. The molecular weight excluding hydrogens is 210 g/mol. The van der Waals surface area contributed by atoms with E-state index in [-0.39, 0.29) is 13.1 Å². The monoisotopic (exact) mass is 223 g/mol. The second kappa shape index (κ2) is 5.16. The highest BCUT2D eigenvalue weighted by Crippen LogP contribution is 2.15. The normalized spacial score (nSPS) is 11.8. The van der Waals surface area contributed by atoms with Crippen LogP contribution in [0.15, 0.2) is 10.6 Å². The van der Waals surface area contributed by atoms with Gasteiger partial charge in [-0.2, -0.15) is 5.26 Å². The lowest BCUT2D eigenvalue weighted by Crippen LogP contribution is -2.32. The second-order valence-electron chi connectivity index (χ2n) is 3.57. The number of carboxylic acids is 1. The van der Waals surface area contributed by atoms with Crippen molar-refractivity contribution >= 4 is 11.8 Å². The summed E-state index contributed by atoms with van der Waals surface area (Å²) in [6, 6.07) is 3.64. The van der Waals surface area contributed by atoms with Gasteiger partial charge < -0.3 is 14.5 Å². The summed E-state index contributed by atoms with van der Waals surface area (Å²) < 4.78 is 4.89. The van der Waals surface area contributed by atoms with Crippen molar-refractivity contribution in [2.45, 2.75) is 13.8 Å². The Kier molecular flexibility index (Phi) is 3.89. The SMILES string of the molecule is Cc1cc(N(CC#N)CC(C)C(=O)O)no1. The Balaban J connectivity index is 2.76. The maximum Gasteiger partial charge on any atom is 0.308 e. The number of aryl methyl sites for hydroxylation is 1. The number of nitriles is 1. The van der Waals surface area contributed by atoms with Gasteiger partial charge >= 0.3 is 5.97 Å². The van der Waals surface area contributed by atoms with Crippen LogP contribution in [0.25, 0.3) is 0 Å². The quantitative estimate of drug-likeness (QED) is 0.750. The Bertz CT molecular complexity index is 408. The topological polar surface area (TPSA) is 90.4 Å². The highest BCUT2D eigenvalue weighted by atomic mass is 16.5. The predicted molar refractivity (Wildman–Crippen MR) is 55.9 cm³/mol. The van der Waals surface area contributed by atoms with Crippen LogP contribution in [0, 0.1) is 24.2 Å². The minimum Gasteiger partial charge on any atom is -0.481 e. The van der Waals surface area contributed by atoms with Crippen molar-refractivity contribution in [3.05, 3.63) is 11.8 Å². The summed E-state index contributed by atoms with van der Waals surface area (Å²) in [7, 11) is 0. The van der Waals surface area contributed by atoms with Gasteiger partial charge in [-0.3, -0.25) is 4.79 Å². The Morgan fingerprint density at radius 3 is 2.94 bits per heavy atom. The van der Waals surface area contributed by atoms with E-state index >= 15 is 0 Å². The summed E-state index contributed by atoms with van der Waals surface area (Å²) in [5.74, 6) is -0.346. The first kappa shape index (κ1) is 12.0. The highest BCUT2D eigenvalue weighted by molar-refractivity contribution is 5.70. The van der Waals surface area contributed by atoms with E-state index in [1.54, 1.807) is 24.8 Å². The molecule has 86 valence electrons. The molecule has 6 heteroatoms. The molecule has 0 radical (unpaired) electrons. The van der Waals surface area contributed by atoms with Crippen molar-refractivity contribution in [3.8, 4) is 6.07 Å². The van der Waals surface area contributed by atoms with E-state index in [1.807, 2.05) is 6.07 Å². The van der Waals surface area contributed by atoms with Gasteiger partial charge in [0.15, 0.2) is 5.82 Å². The molecule has 0 aromatic carbocycles. The maximum atomic E-state index is 10.7. The molecule has 0 aliphatic heterocycles. The molecule has 1 aromatic rings. The number of carboxylic acid groups (broad SMARTS) is 1. The molecule has 1 rings (SSSR count). The fourth-order valence-electron chi connectivity index (χ4n) is 1.24. The Morgan fingerprint density at radius 2 is 2.50 bits per heavy atom. The van der Waals surface area contributed by atoms with Crippen LogP contribution in [0.3, 0.4) is 0 Å². The molecule has 0 aliphatic rings.